The van der Waals surface area contributed by atoms with Crippen LogP contribution in [-0.4, -0.2) is 36.7 Å². The third-order valence-corrected chi connectivity index (χ3v) is 4.53. The molecule has 0 saturated heterocycles. The molecule has 0 aliphatic heterocycles. The molecule has 1 amide bonds. The lowest BCUT2D eigenvalue weighted by molar-refractivity contribution is -0.384. The molecule has 0 spiro atoms. The van der Waals surface area contributed by atoms with Gasteiger partial charge in [0.05, 0.1) is 11.1 Å². The highest BCUT2D eigenvalue weighted by Gasteiger charge is 2.17. The van der Waals surface area contributed by atoms with Crippen molar-refractivity contribution in [3.63, 3.8) is 0 Å². The molecule has 172 valence electrons. The van der Waals surface area contributed by atoms with Gasteiger partial charge in [0.15, 0.2) is 6.61 Å². The molecule has 0 heterocycles. The Morgan fingerprint density at radius 1 is 1.19 bits per heavy atom. The number of rotatable bonds is 11. The predicted molar refractivity (Wildman–Crippen MR) is 128 cm³/mol. The fourth-order valence-corrected chi connectivity index (χ4v) is 3.29. The summed E-state index contributed by atoms with van der Waals surface area (Å²) in [7, 11) is 0. The Hall–Kier alpha value is -3.13. The lowest BCUT2D eigenvalue weighted by Crippen LogP contribution is -2.32. The number of hydrazone groups is 1. The fourth-order valence-electron chi connectivity index (χ4n) is 3.11. The molecular weight excluding hydrogens is 432 g/mol. The summed E-state index contributed by atoms with van der Waals surface area (Å²) in [5.41, 5.74) is 3.73. The number of hydrogen-bond donors (Lipinski definition) is 1. The van der Waals surface area contributed by atoms with E-state index < -0.39 is 10.8 Å². The Morgan fingerprint density at radius 2 is 1.88 bits per heavy atom. The molecule has 0 aliphatic rings. The van der Waals surface area contributed by atoms with Gasteiger partial charge in [-0.25, -0.2) is 5.43 Å². The summed E-state index contributed by atoms with van der Waals surface area (Å²) >= 11 is 5.89. The normalized spacial score (nSPS) is 11.2. The van der Waals surface area contributed by atoms with Gasteiger partial charge in [-0.1, -0.05) is 45.4 Å². The number of anilines is 1. The number of carbonyl (C=O) groups excluding carboxylic acids is 1. The number of amides is 1. The van der Waals surface area contributed by atoms with Crippen LogP contribution >= 0.6 is 11.6 Å². The van der Waals surface area contributed by atoms with E-state index in [0.717, 1.165) is 18.8 Å². The lowest BCUT2D eigenvalue weighted by Gasteiger charge is -2.29. The van der Waals surface area contributed by atoms with Crippen LogP contribution < -0.4 is 15.1 Å². The van der Waals surface area contributed by atoms with Crippen molar-refractivity contribution in [2.45, 2.75) is 27.7 Å². The molecule has 2 rings (SSSR count). The summed E-state index contributed by atoms with van der Waals surface area (Å²) in [6.07, 6.45) is 1.42. The summed E-state index contributed by atoms with van der Waals surface area (Å²) in [5.74, 6) is 0.805. The molecule has 0 fully saturated rings. The predicted octanol–water partition coefficient (Wildman–Crippen LogP) is 4.90. The standard InChI is InChI=1S/C23H29ClN4O4/c1-16(2)13-27(14-17(3)4)22-9-8-20(28(30)31)10-18(22)12-25-26-23(29)15-32-21-7-5-6-19(24)11-21/h5-12,16-17H,13-15H2,1-4H3,(H,26,29)/b25-12-. The summed E-state index contributed by atoms with van der Waals surface area (Å²) in [6.45, 7) is 9.80. The lowest BCUT2D eigenvalue weighted by atomic mass is 10.1. The molecular formula is C23H29ClN4O4. The van der Waals surface area contributed by atoms with Gasteiger partial charge < -0.3 is 9.64 Å². The van der Waals surface area contributed by atoms with Crippen LogP contribution in [0.5, 0.6) is 5.75 Å². The van der Waals surface area contributed by atoms with E-state index >= 15 is 0 Å². The molecule has 9 heteroatoms. The van der Waals surface area contributed by atoms with Crippen molar-refractivity contribution < 1.29 is 14.5 Å². The van der Waals surface area contributed by atoms with Gasteiger partial charge in [-0.15, -0.1) is 0 Å². The zero-order valence-electron chi connectivity index (χ0n) is 18.7. The Balaban J connectivity index is 2.16. The van der Waals surface area contributed by atoms with Gasteiger partial charge in [0.25, 0.3) is 11.6 Å². The van der Waals surface area contributed by atoms with Gasteiger partial charge in [-0.2, -0.15) is 5.10 Å². The van der Waals surface area contributed by atoms with Crippen molar-refractivity contribution in [1.29, 1.82) is 0 Å². The first-order valence-corrected chi connectivity index (χ1v) is 10.8. The first-order chi connectivity index (χ1) is 15.2. The van der Waals surface area contributed by atoms with E-state index in [2.05, 4.69) is 43.1 Å². The second kappa shape index (κ2) is 12.0. The van der Waals surface area contributed by atoms with Crippen molar-refractivity contribution in [2.75, 3.05) is 24.6 Å². The highest BCUT2D eigenvalue weighted by molar-refractivity contribution is 6.30. The number of non-ortho nitro benzene ring substituents is 1. The Morgan fingerprint density at radius 3 is 2.47 bits per heavy atom. The zero-order chi connectivity index (χ0) is 23.7. The van der Waals surface area contributed by atoms with Gasteiger partial charge in [-0.05, 0) is 36.1 Å². The quantitative estimate of drug-likeness (QED) is 0.292. The smallest absolute Gasteiger partial charge is 0.277 e. The second-order valence-corrected chi connectivity index (χ2v) is 8.67. The van der Waals surface area contributed by atoms with Crippen molar-refractivity contribution in [3.05, 3.63) is 63.2 Å². The first kappa shape index (κ1) is 25.1. The second-order valence-electron chi connectivity index (χ2n) is 8.23. The monoisotopic (exact) mass is 460 g/mol. The molecule has 32 heavy (non-hydrogen) atoms. The number of hydrogen-bond acceptors (Lipinski definition) is 6. The van der Waals surface area contributed by atoms with Crippen LogP contribution in [0.15, 0.2) is 47.6 Å². The molecule has 1 N–H and O–H groups in total. The van der Waals surface area contributed by atoms with Crippen LogP contribution in [0.3, 0.4) is 0 Å². The van der Waals surface area contributed by atoms with Crippen LogP contribution in [0.1, 0.15) is 33.3 Å². The number of carbonyl (C=O) groups is 1. The number of ether oxygens (including phenoxy) is 1. The number of nitrogens with zero attached hydrogens (tertiary/aromatic N) is 3. The maximum absolute atomic E-state index is 12.1. The summed E-state index contributed by atoms with van der Waals surface area (Å²) in [4.78, 5) is 25.1. The van der Waals surface area contributed by atoms with Gasteiger partial charge >= 0.3 is 0 Å². The molecule has 2 aromatic carbocycles. The SMILES string of the molecule is CC(C)CN(CC(C)C)c1ccc([N+](=O)[O-])cc1/C=N\NC(=O)COc1cccc(Cl)c1. The minimum Gasteiger partial charge on any atom is -0.484 e. The average molecular weight is 461 g/mol. The van der Waals surface area contributed by atoms with E-state index in [1.807, 2.05) is 0 Å². The summed E-state index contributed by atoms with van der Waals surface area (Å²) < 4.78 is 5.38. The largest absolute Gasteiger partial charge is 0.484 e. The molecule has 8 nitrogen and oxygen atoms in total. The van der Waals surface area contributed by atoms with Crippen LogP contribution in [0.25, 0.3) is 0 Å². The number of nitro benzene ring substituents is 1. The molecule has 0 aromatic heterocycles. The molecule has 0 radical (unpaired) electrons. The summed E-state index contributed by atoms with van der Waals surface area (Å²) in [5, 5.41) is 15.8. The van der Waals surface area contributed by atoms with Crippen LogP contribution in [0, 0.1) is 22.0 Å². The average Bonchev–Trinajstić information content (AvgIpc) is 2.71. The highest BCUT2D eigenvalue weighted by Crippen LogP contribution is 2.26. The van der Waals surface area contributed by atoms with Gasteiger partial charge in [0, 0.05) is 41.5 Å². The van der Waals surface area contributed by atoms with E-state index in [4.69, 9.17) is 16.3 Å². The minimum atomic E-state index is -0.463. The highest BCUT2D eigenvalue weighted by atomic mass is 35.5. The molecule has 0 saturated carbocycles. The molecule has 2 aromatic rings. The third-order valence-electron chi connectivity index (χ3n) is 4.29. The van der Waals surface area contributed by atoms with E-state index in [-0.39, 0.29) is 12.3 Å². The Labute approximate surface area is 193 Å². The number of nitro groups is 1. The van der Waals surface area contributed by atoms with E-state index in [1.54, 1.807) is 30.3 Å². The van der Waals surface area contributed by atoms with Gasteiger partial charge in [0.1, 0.15) is 5.75 Å². The molecule has 0 aliphatic carbocycles. The molecule has 0 atom stereocenters. The number of benzene rings is 2. The maximum atomic E-state index is 12.1. The van der Waals surface area contributed by atoms with Crippen molar-refractivity contribution in [2.24, 2.45) is 16.9 Å². The van der Waals surface area contributed by atoms with E-state index in [1.165, 1.54) is 18.3 Å². The van der Waals surface area contributed by atoms with Crippen molar-refractivity contribution >= 4 is 35.1 Å². The fraction of sp³-hybridized carbons (Fsp3) is 0.391. The summed E-state index contributed by atoms with van der Waals surface area (Å²) in [6, 6.07) is 11.4. The van der Waals surface area contributed by atoms with Gasteiger partial charge in [-0.3, -0.25) is 14.9 Å². The maximum Gasteiger partial charge on any atom is 0.277 e. The molecule has 0 unspecified atom stereocenters. The van der Waals surface area contributed by atoms with Gasteiger partial charge in [0.2, 0.25) is 0 Å². The van der Waals surface area contributed by atoms with Crippen molar-refractivity contribution in [3.8, 4) is 5.75 Å². The Bertz CT molecular complexity index is 953. The zero-order valence-corrected chi connectivity index (χ0v) is 19.5. The van der Waals surface area contributed by atoms with Crippen LogP contribution in [0.4, 0.5) is 11.4 Å². The first-order valence-electron chi connectivity index (χ1n) is 10.4. The van der Waals surface area contributed by atoms with E-state index in [9.17, 15) is 14.9 Å². The molecule has 0 bridgehead atoms. The minimum absolute atomic E-state index is 0.0418. The number of nitrogens with one attached hydrogen (secondary N) is 1. The number of halogens is 1. The van der Waals surface area contributed by atoms with Crippen molar-refractivity contribution in [1.82, 2.24) is 5.43 Å². The van der Waals surface area contributed by atoms with Crippen LogP contribution in [0.2, 0.25) is 5.02 Å². The third kappa shape index (κ3) is 8.19. The topological polar surface area (TPSA) is 97.1 Å². The Kier molecular flexibility index (Phi) is 9.46. The van der Waals surface area contributed by atoms with E-state index in [0.29, 0.717) is 28.2 Å². The van der Waals surface area contributed by atoms with Crippen LogP contribution in [-0.2, 0) is 4.79 Å².